The third-order valence-electron chi connectivity index (χ3n) is 6.21. The zero-order valence-corrected chi connectivity index (χ0v) is 21.3. The van der Waals surface area contributed by atoms with Gasteiger partial charge in [-0.1, -0.05) is 91.0 Å². The summed E-state index contributed by atoms with van der Waals surface area (Å²) >= 11 is 8.94. The smallest absolute Gasteiger partial charge is 0.234 e. The lowest BCUT2D eigenvalue weighted by Gasteiger charge is -2.41. The Labute approximate surface area is 212 Å². The van der Waals surface area contributed by atoms with Crippen LogP contribution < -0.4 is 4.90 Å². The highest BCUT2D eigenvalue weighted by Gasteiger charge is 2.45. The molecule has 2 aliphatic rings. The van der Waals surface area contributed by atoms with Gasteiger partial charge >= 0.3 is 0 Å². The van der Waals surface area contributed by atoms with Gasteiger partial charge in [-0.3, -0.25) is 14.5 Å². The van der Waals surface area contributed by atoms with Gasteiger partial charge in [0.05, 0.1) is 0 Å². The van der Waals surface area contributed by atoms with Gasteiger partial charge in [-0.15, -0.1) is 10.2 Å². The van der Waals surface area contributed by atoms with Crippen LogP contribution in [-0.2, 0) is 15.3 Å². The van der Waals surface area contributed by atoms with Crippen LogP contribution in [0.2, 0.25) is 5.02 Å². The van der Waals surface area contributed by atoms with E-state index in [-0.39, 0.29) is 29.4 Å². The normalized spacial score (nSPS) is 20.0. The van der Waals surface area contributed by atoms with Crippen molar-refractivity contribution in [2.45, 2.75) is 49.1 Å². The molecule has 0 N–H and O–H groups in total. The number of benzene rings is 2. The van der Waals surface area contributed by atoms with Crippen LogP contribution >= 0.6 is 34.7 Å². The van der Waals surface area contributed by atoms with Crippen molar-refractivity contribution in [1.82, 2.24) is 10.2 Å². The first-order valence-electron chi connectivity index (χ1n) is 11.2. The summed E-state index contributed by atoms with van der Waals surface area (Å²) in [4.78, 5) is 28.5. The minimum atomic E-state index is -0.218. The number of amides is 1. The van der Waals surface area contributed by atoms with E-state index in [1.807, 2.05) is 54.6 Å². The monoisotopic (exact) mass is 509 g/mol. The quantitative estimate of drug-likeness (QED) is 0.284. The van der Waals surface area contributed by atoms with Gasteiger partial charge < -0.3 is 0 Å². The van der Waals surface area contributed by atoms with Crippen LogP contribution in [0.3, 0.4) is 0 Å². The number of Topliss-reactive ketones (excluding diaryl/α,β-unsaturated/α-hetero) is 1. The summed E-state index contributed by atoms with van der Waals surface area (Å²) in [6.07, 6.45) is 1.38. The Morgan fingerprint density at radius 1 is 1.06 bits per heavy atom. The van der Waals surface area contributed by atoms with Crippen LogP contribution in [0.4, 0.5) is 5.13 Å². The molecule has 5 nitrogen and oxygen atoms in total. The van der Waals surface area contributed by atoms with Crippen molar-refractivity contribution in [3.63, 3.8) is 0 Å². The molecule has 0 fully saturated rings. The molecule has 1 unspecified atom stereocenters. The highest BCUT2D eigenvalue weighted by atomic mass is 35.5. The van der Waals surface area contributed by atoms with Crippen LogP contribution in [0.25, 0.3) is 0 Å². The molecule has 0 saturated carbocycles. The van der Waals surface area contributed by atoms with Crippen LogP contribution in [0.5, 0.6) is 0 Å². The minimum Gasteiger partial charge on any atom is -0.294 e. The van der Waals surface area contributed by atoms with E-state index in [4.69, 9.17) is 11.6 Å². The molecule has 1 amide bonds. The maximum absolute atomic E-state index is 13.5. The number of carbonyl (C=O) groups is 2. The molecule has 1 aliphatic carbocycles. The topological polar surface area (TPSA) is 63.2 Å². The molecule has 0 spiro atoms. The van der Waals surface area contributed by atoms with Crippen molar-refractivity contribution >= 4 is 51.5 Å². The molecule has 5 rings (SSSR count). The summed E-state index contributed by atoms with van der Waals surface area (Å²) in [5.41, 5.74) is 3.47. The number of rotatable bonds is 5. The molecule has 34 heavy (non-hydrogen) atoms. The number of anilines is 1. The Morgan fingerprint density at radius 3 is 2.53 bits per heavy atom. The molecular formula is C26H24ClN3O2S2. The lowest BCUT2D eigenvalue weighted by atomic mass is 9.69. The second-order valence-corrected chi connectivity index (χ2v) is 12.1. The van der Waals surface area contributed by atoms with Gasteiger partial charge in [-0.25, -0.2) is 0 Å². The molecule has 2 aromatic carbocycles. The maximum Gasteiger partial charge on any atom is 0.234 e. The molecule has 1 atom stereocenters. The molecule has 0 saturated heterocycles. The summed E-state index contributed by atoms with van der Waals surface area (Å²) in [5.74, 6) is 0.605. The number of ketones is 1. The summed E-state index contributed by atoms with van der Waals surface area (Å²) in [5, 5.41) is 9.94. The van der Waals surface area contributed by atoms with E-state index < -0.39 is 0 Å². The Morgan fingerprint density at radius 2 is 1.79 bits per heavy atom. The number of carbonyl (C=O) groups excluding carboxylic acids is 2. The SMILES string of the molecule is CC1(C)CC(=O)C2=C(C1)N(c1nnc(SCc3ccc(Cl)cc3)s1)C(=O)CC2c1ccccc1. The van der Waals surface area contributed by atoms with Crippen LogP contribution in [0.15, 0.2) is 70.2 Å². The van der Waals surface area contributed by atoms with Crippen molar-refractivity contribution in [3.8, 4) is 0 Å². The largest absolute Gasteiger partial charge is 0.294 e. The van der Waals surface area contributed by atoms with Gasteiger partial charge in [0.1, 0.15) is 0 Å². The molecule has 1 aromatic heterocycles. The predicted molar refractivity (Wildman–Crippen MR) is 137 cm³/mol. The highest BCUT2D eigenvalue weighted by Crippen LogP contribution is 2.48. The van der Waals surface area contributed by atoms with E-state index >= 15 is 0 Å². The molecule has 174 valence electrons. The lowest BCUT2D eigenvalue weighted by Crippen LogP contribution is -2.43. The highest BCUT2D eigenvalue weighted by molar-refractivity contribution is 8.00. The second-order valence-electron chi connectivity index (χ2n) is 9.46. The fourth-order valence-corrected chi connectivity index (χ4v) is 6.65. The van der Waals surface area contributed by atoms with Crippen LogP contribution in [0, 0.1) is 5.41 Å². The van der Waals surface area contributed by atoms with Gasteiger partial charge in [-0.2, -0.15) is 0 Å². The van der Waals surface area contributed by atoms with Gasteiger partial charge in [0.15, 0.2) is 10.1 Å². The van der Waals surface area contributed by atoms with E-state index in [9.17, 15) is 9.59 Å². The first kappa shape index (κ1) is 23.3. The van der Waals surface area contributed by atoms with E-state index in [1.54, 1.807) is 16.7 Å². The minimum absolute atomic E-state index is 0.0384. The number of thioether (sulfide) groups is 1. The third-order valence-corrected chi connectivity index (χ3v) is 8.57. The Kier molecular flexibility index (Phi) is 6.35. The van der Waals surface area contributed by atoms with Crippen molar-refractivity contribution in [1.29, 1.82) is 0 Å². The molecule has 0 radical (unpaired) electrons. The molecule has 8 heteroatoms. The summed E-state index contributed by atoms with van der Waals surface area (Å²) in [7, 11) is 0. The van der Waals surface area contributed by atoms with Gasteiger partial charge in [0.25, 0.3) is 0 Å². The third kappa shape index (κ3) is 4.69. The molecular weight excluding hydrogens is 486 g/mol. The standard InChI is InChI=1S/C26H24ClN3O2S2/c1-26(2)13-20-23(21(31)14-26)19(17-6-4-3-5-7-17)12-22(32)30(20)24-28-29-25(34-24)33-15-16-8-10-18(27)11-9-16/h3-11,19H,12-15H2,1-2H3. The van der Waals surface area contributed by atoms with E-state index in [0.717, 1.165) is 32.5 Å². The summed E-state index contributed by atoms with van der Waals surface area (Å²) < 4.78 is 0.784. The van der Waals surface area contributed by atoms with E-state index in [1.165, 1.54) is 11.3 Å². The van der Waals surface area contributed by atoms with Gasteiger partial charge in [-0.05, 0) is 35.1 Å². The number of hydrogen-bond donors (Lipinski definition) is 0. The first-order valence-corrected chi connectivity index (χ1v) is 13.3. The number of aromatic nitrogens is 2. The molecule has 3 aromatic rings. The van der Waals surface area contributed by atoms with Crippen LogP contribution in [-0.4, -0.2) is 21.9 Å². The predicted octanol–water partition coefficient (Wildman–Crippen LogP) is 6.65. The molecule has 1 aliphatic heterocycles. The summed E-state index contributed by atoms with van der Waals surface area (Å²) in [6.45, 7) is 4.16. The molecule has 2 heterocycles. The Bertz CT molecular complexity index is 1270. The van der Waals surface area contributed by atoms with Crippen LogP contribution in [0.1, 0.15) is 50.2 Å². The average molecular weight is 510 g/mol. The van der Waals surface area contributed by atoms with Crippen molar-refractivity contribution in [3.05, 3.63) is 82.0 Å². The number of nitrogens with zero attached hydrogens (tertiary/aromatic N) is 3. The zero-order valence-electron chi connectivity index (χ0n) is 19.0. The number of halogens is 1. The molecule has 0 bridgehead atoms. The van der Waals surface area contributed by atoms with Crippen molar-refractivity contribution < 1.29 is 9.59 Å². The maximum atomic E-state index is 13.5. The zero-order chi connectivity index (χ0) is 23.9. The number of allylic oxidation sites excluding steroid dienone is 2. The van der Waals surface area contributed by atoms with Gasteiger partial charge in [0, 0.05) is 40.8 Å². The average Bonchev–Trinajstić information content (AvgIpc) is 3.26. The second kappa shape index (κ2) is 9.29. The van der Waals surface area contributed by atoms with Crippen molar-refractivity contribution in [2.24, 2.45) is 5.41 Å². The lowest BCUT2D eigenvalue weighted by molar-refractivity contribution is -0.121. The fourth-order valence-electron chi connectivity index (χ4n) is 4.68. The van der Waals surface area contributed by atoms with E-state index in [2.05, 4.69) is 24.0 Å². The number of hydrogen-bond acceptors (Lipinski definition) is 6. The Balaban J connectivity index is 1.47. The summed E-state index contributed by atoms with van der Waals surface area (Å²) in [6, 6.07) is 17.6. The fraction of sp³-hybridized carbons (Fsp3) is 0.308. The van der Waals surface area contributed by atoms with Gasteiger partial charge in [0.2, 0.25) is 11.0 Å². The Hall–Kier alpha value is -2.48. The first-order chi connectivity index (χ1) is 16.3. The van der Waals surface area contributed by atoms with E-state index in [0.29, 0.717) is 23.0 Å². The van der Waals surface area contributed by atoms with Crippen molar-refractivity contribution in [2.75, 3.05) is 4.90 Å².